The number of benzene rings is 2. The van der Waals surface area contributed by atoms with Crippen molar-refractivity contribution in [1.29, 1.82) is 0 Å². The SMILES string of the molecule is CCc1c(C(=O)N2CCC(n3c(=O)[nH]c4ccccc43)CC2)cnn1-c1ccccc1. The van der Waals surface area contributed by atoms with Gasteiger partial charge in [-0.1, -0.05) is 37.3 Å². The predicted octanol–water partition coefficient (Wildman–Crippen LogP) is 3.56. The number of rotatable bonds is 4. The molecule has 2 aromatic heterocycles. The van der Waals surface area contributed by atoms with Crippen LogP contribution in [0.15, 0.2) is 65.6 Å². The summed E-state index contributed by atoms with van der Waals surface area (Å²) in [6, 6.07) is 17.7. The van der Waals surface area contributed by atoms with E-state index in [-0.39, 0.29) is 17.6 Å². The zero-order chi connectivity index (χ0) is 21.4. The van der Waals surface area contributed by atoms with E-state index in [1.165, 1.54) is 0 Å². The number of carbonyl (C=O) groups is 1. The number of hydrogen-bond acceptors (Lipinski definition) is 3. The molecule has 0 atom stereocenters. The molecule has 7 heteroatoms. The van der Waals surface area contributed by atoms with Crippen LogP contribution in [0, 0.1) is 0 Å². The maximum Gasteiger partial charge on any atom is 0.326 e. The van der Waals surface area contributed by atoms with Gasteiger partial charge in [0.1, 0.15) is 0 Å². The number of imidazole rings is 1. The largest absolute Gasteiger partial charge is 0.338 e. The van der Waals surface area contributed by atoms with E-state index in [1.54, 1.807) is 6.20 Å². The number of piperidine rings is 1. The van der Waals surface area contributed by atoms with Gasteiger partial charge in [0, 0.05) is 19.1 Å². The lowest BCUT2D eigenvalue weighted by molar-refractivity contribution is 0.0694. The maximum absolute atomic E-state index is 13.3. The fourth-order valence-corrected chi connectivity index (χ4v) is 4.62. The van der Waals surface area contributed by atoms with E-state index in [2.05, 4.69) is 10.1 Å². The van der Waals surface area contributed by atoms with Crippen molar-refractivity contribution in [2.45, 2.75) is 32.2 Å². The van der Waals surface area contributed by atoms with Gasteiger partial charge in [-0.2, -0.15) is 5.10 Å². The first-order valence-electron chi connectivity index (χ1n) is 10.8. The molecule has 4 aromatic rings. The van der Waals surface area contributed by atoms with E-state index in [9.17, 15) is 9.59 Å². The molecule has 1 amide bonds. The molecular formula is C24H25N5O2. The molecule has 0 spiro atoms. The predicted molar refractivity (Wildman–Crippen MR) is 120 cm³/mol. The van der Waals surface area contributed by atoms with E-state index in [0.717, 1.165) is 41.7 Å². The molecule has 7 nitrogen and oxygen atoms in total. The Balaban J connectivity index is 1.35. The average molecular weight is 415 g/mol. The number of hydrogen-bond donors (Lipinski definition) is 1. The Morgan fingerprint density at radius 3 is 2.52 bits per heavy atom. The monoisotopic (exact) mass is 415 g/mol. The van der Waals surface area contributed by atoms with Crippen molar-refractivity contribution in [2.24, 2.45) is 0 Å². The van der Waals surface area contributed by atoms with E-state index < -0.39 is 0 Å². The number of H-pyrrole nitrogens is 1. The molecule has 31 heavy (non-hydrogen) atoms. The highest BCUT2D eigenvalue weighted by atomic mass is 16.2. The highest BCUT2D eigenvalue weighted by Gasteiger charge is 2.28. The number of aromatic nitrogens is 4. The minimum Gasteiger partial charge on any atom is -0.338 e. The van der Waals surface area contributed by atoms with Gasteiger partial charge in [-0.05, 0) is 43.5 Å². The summed E-state index contributed by atoms with van der Waals surface area (Å²) >= 11 is 0. The normalized spacial score (nSPS) is 14.9. The molecule has 2 aromatic carbocycles. The molecule has 0 aliphatic carbocycles. The Bertz CT molecular complexity index is 1280. The second kappa shape index (κ2) is 7.91. The van der Waals surface area contributed by atoms with E-state index >= 15 is 0 Å². The zero-order valence-corrected chi connectivity index (χ0v) is 17.5. The summed E-state index contributed by atoms with van der Waals surface area (Å²) in [6.07, 6.45) is 3.91. The van der Waals surface area contributed by atoms with Gasteiger partial charge in [-0.15, -0.1) is 0 Å². The van der Waals surface area contributed by atoms with Crippen LogP contribution >= 0.6 is 0 Å². The van der Waals surface area contributed by atoms with Crippen LogP contribution in [0.4, 0.5) is 0 Å². The number of likely N-dealkylation sites (tertiary alicyclic amines) is 1. The van der Waals surface area contributed by atoms with Crippen LogP contribution in [0.2, 0.25) is 0 Å². The summed E-state index contributed by atoms with van der Waals surface area (Å²) in [5.74, 6) is 0.0174. The molecule has 1 saturated heterocycles. The topological polar surface area (TPSA) is 75.9 Å². The lowest BCUT2D eigenvalue weighted by atomic mass is 10.0. The molecule has 0 unspecified atom stereocenters. The van der Waals surface area contributed by atoms with Gasteiger partial charge in [0.05, 0.1) is 34.2 Å². The molecule has 3 heterocycles. The second-order valence-electron chi connectivity index (χ2n) is 7.95. The second-order valence-corrected chi connectivity index (χ2v) is 7.95. The van der Waals surface area contributed by atoms with Crippen LogP contribution in [0.3, 0.4) is 0 Å². The molecule has 0 radical (unpaired) electrons. The van der Waals surface area contributed by atoms with Gasteiger partial charge in [0.15, 0.2) is 0 Å². The molecule has 5 rings (SSSR count). The highest BCUT2D eigenvalue weighted by Crippen LogP contribution is 2.26. The standard InChI is InChI=1S/C24H25N5O2/c1-2-21-19(16-25-29(21)18-8-4-3-5-9-18)23(30)27-14-12-17(13-15-27)28-22-11-7-6-10-20(22)26-24(28)31/h3-11,16-17H,2,12-15H2,1H3,(H,26,31). The molecule has 1 aliphatic heterocycles. The molecule has 1 fully saturated rings. The molecule has 0 bridgehead atoms. The van der Waals surface area contributed by atoms with Crippen LogP contribution < -0.4 is 5.69 Å². The van der Waals surface area contributed by atoms with Crippen molar-refractivity contribution in [1.82, 2.24) is 24.2 Å². The van der Waals surface area contributed by atoms with Gasteiger partial charge in [0.2, 0.25) is 0 Å². The van der Waals surface area contributed by atoms with E-state index in [0.29, 0.717) is 18.7 Å². The van der Waals surface area contributed by atoms with Gasteiger partial charge in [-0.3, -0.25) is 9.36 Å². The number of nitrogens with one attached hydrogen (secondary N) is 1. The minimum absolute atomic E-state index is 0.0174. The van der Waals surface area contributed by atoms with Crippen LogP contribution in [0.1, 0.15) is 41.9 Å². The van der Waals surface area contributed by atoms with Crippen molar-refractivity contribution >= 4 is 16.9 Å². The lowest BCUT2D eigenvalue weighted by Crippen LogP contribution is -2.40. The van der Waals surface area contributed by atoms with Crippen molar-refractivity contribution < 1.29 is 4.79 Å². The van der Waals surface area contributed by atoms with Crippen LogP contribution in [0.5, 0.6) is 0 Å². The number of fused-ring (bicyclic) bond motifs is 1. The molecular weight excluding hydrogens is 390 g/mol. The number of carbonyl (C=O) groups excluding carboxylic acids is 1. The number of para-hydroxylation sites is 3. The van der Waals surface area contributed by atoms with Gasteiger partial charge < -0.3 is 9.88 Å². The third-order valence-corrected chi connectivity index (χ3v) is 6.18. The maximum atomic E-state index is 13.3. The quantitative estimate of drug-likeness (QED) is 0.554. The molecule has 0 saturated carbocycles. The summed E-state index contributed by atoms with van der Waals surface area (Å²) in [5.41, 5.74) is 4.24. The zero-order valence-electron chi connectivity index (χ0n) is 17.5. The van der Waals surface area contributed by atoms with Gasteiger partial charge in [0.25, 0.3) is 5.91 Å². The molecule has 1 N–H and O–H groups in total. The van der Waals surface area contributed by atoms with Crippen LogP contribution in [-0.4, -0.2) is 43.2 Å². The summed E-state index contributed by atoms with van der Waals surface area (Å²) in [6.45, 7) is 3.28. The number of amides is 1. The first kappa shape index (κ1) is 19.4. The van der Waals surface area contributed by atoms with Gasteiger partial charge in [-0.25, -0.2) is 9.48 Å². The van der Waals surface area contributed by atoms with E-state index in [4.69, 9.17) is 0 Å². The minimum atomic E-state index is -0.0802. The molecule has 1 aliphatic rings. The molecule has 158 valence electrons. The third-order valence-electron chi connectivity index (χ3n) is 6.18. The van der Waals surface area contributed by atoms with Crippen molar-refractivity contribution in [3.8, 4) is 5.69 Å². The Hall–Kier alpha value is -3.61. The van der Waals surface area contributed by atoms with Crippen LogP contribution in [0.25, 0.3) is 16.7 Å². The first-order valence-corrected chi connectivity index (χ1v) is 10.8. The fourth-order valence-electron chi connectivity index (χ4n) is 4.62. The van der Waals surface area contributed by atoms with Crippen molar-refractivity contribution in [3.05, 3.63) is 82.5 Å². The summed E-state index contributed by atoms with van der Waals surface area (Å²) in [5, 5.41) is 4.49. The first-order chi connectivity index (χ1) is 15.2. The highest BCUT2D eigenvalue weighted by molar-refractivity contribution is 5.95. The number of aromatic amines is 1. The summed E-state index contributed by atoms with van der Waals surface area (Å²) in [4.78, 5) is 30.6. The Labute approximate surface area is 179 Å². The summed E-state index contributed by atoms with van der Waals surface area (Å²) < 4.78 is 3.70. The van der Waals surface area contributed by atoms with Crippen LogP contribution in [-0.2, 0) is 6.42 Å². The Morgan fingerprint density at radius 1 is 1.06 bits per heavy atom. The number of nitrogens with zero attached hydrogens (tertiary/aromatic N) is 4. The fraction of sp³-hybridized carbons (Fsp3) is 0.292. The lowest BCUT2D eigenvalue weighted by Gasteiger charge is -2.32. The Kier molecular flexibility index (Phi) is 4.94. The van der Waals surface area contributed by atoms with Crippen molar-refractivity contribution in [2.75, 3.05) is 13.1 Å². The van der Waals surface area contributed by atoms with Gasteiger partial charge >= 0.3 is 5.69 Å². The third kappa shape index (κ3) is 3.36. The van der Waals surface area contributed by atoms with E-state index in [1.807, 2.05) is 75.7 Å². The van der Waals surface area contributed by atoms with Crippen molar-refractivity contribution in [3.63, 3.8) is 0 Å². The summed E-state index contributed by atoms with van der Waals surface area (Å²) in [7, 11) is 0. The Morgan fingerprint density at radius 2 is 1.77 bits per heavy atom. The smallest absolute Gasteiger partial charge is 0.326 e. The average Bonchev–Trinajstić information content (AvgIpc) is 3.39.